The van der Waals surface area contributed by atoms with Gasteiger partial charge < -0.3 is 9.02 Å². The molecule has 0 N–H and O–H groups in total. The monoisotopic (exact) mass is 436 g/mol. The molecule has 0 bridgehead atoms. The lowest BCUT2D eigenvalue weighted by atomic mass is 9.82. The molecule has 4 aromatic rings. The van der Waals surface area contributed by atoms with Gasteiger partial charge in [0.1, 0.15) is 0 Å². The first-order valence-corrected chi connectivity index (χ1v) is 12.6. The molecule has 2 aromatic carbocycles. The molecule has 31 heavy (non-hydrogen) atoms. The number of fused-ring (bicyclic) bond motifs is 2. The predicted molar refractivity (Wildman–Crippen MR) is 130 cm³/mol. The summed E-state index contributed by atoms with van der Waals surface area (Å²) in [7, 11) is -3.55. The number of nitriles is 1. The third-order valence-corrected chi connectivity index (χ3v) is 9.85. The molecule has 0 aliphatic rings. The van der Waals surface area contributed by atoms with Gasteiger partial charge in [0, 0.05) is 11.8 Å². The summed E-state index contributed by atoms with van der Waals surface area (Å²) in [6.07, 6.45) is 1.78. The predicted octanol–water partition coefficient (Wildman–Crippen LogP) is 6.27. The normalized spacial score (nSPS) is 11.8. The number of hydrogen-bond donors (Lipinski definition) is 0. The summed E-state index contributed by atoms with van der Waals surface area (Å²) in [5, 5.41) is 13.0. The number of hydrogen-bond acceptors (Lipinski definition) is 3. The molecule has 6 heteroatoms. The number of aromatic nitrogens is 1. The highest BCUT2D eigenvalue weighted by Crippen LogP contribution is 2.38. The van der Waals surface area contributed by atoms with Gasteiger partial charge in [-0.15, -0.1) is 11.3 Å². The summed E-state index contributed by atoms with van der Waals surface area (Å²) in [5.74, 6) is 0. The van der Waals surface area contributed by atoms with Crippen molar-refractivity contribution in [3.05, 3.63) is 82.0 Å². The van der Waals surface area contributed by atoms with E-state index in [0.717, 1.165) is 32.3 Å². The van der Waals surface area contributed by atoms with E-state index in [-0.39, 0.29) is 5.41 Å². The largest absolute Gasteiger partial charge is 1.00 e. The maximum atomic E-state index is 9.69. The smallest absolute Gasteiger partial charge is 0.325 e. The number of aryl methyl sites for hydroxylation is 1. The van der Waals surface area contributed by atoms with Gasteiger partial charge in [0.15, 0.2) is 4.50 Å². The van der Waals surface area contributed by atoms with Crippen LogP contribution in [0, 0.1) is 31.0 Å². The number of benzene rings is 2. The molecule has 0 spiro atoms. The number of pyridine rings is 1. The third-order valence-electron chi connectivity index (χ3n) is 5.59. The summed E-state index contributed by atoms with van der Waals surface area (Å²) in [5.41, 5.74) is 5.98. The van der Waals surface area contributed by atoms with E-state index in [2.05, 4.69) is 65.8 Å². The van der Waals surface area contributed by atoms with E-state index < -0.39 is 8.40 Å². The van der Waals surface area contributed by atoms with Gasteiger partial charge in [-0.05, 0) is 57.8 Å². The number of rotatable bonds is 2. The van der Waals surface area contributed by atoms with E-state index in [1.165, 1.54) is 22.3 Å². The van der Waals surface area contributed by atoms with Gasteiger partial charge >= 0.3 is 8.40 Å². The Balaban J connectivity index is 2.06. The highest BCUT2D eigenvalue weighted by atomic mass is 32.1. The standard InChI is InChI=1S/C25H20N4SSi/c1-16-19-11-12-29-22(23(19)30-24(16)31(15-26,27-5)28-6)18-13-17-9-7-8-10-20(17)21(14-18)25(2,3)4/h7-14H,1-4H3. The fourth-order valence-corrected chi connectivity index (χ4v) is 7.45. The average Bonchev–Trinajstić information content (AvgIpc) is 3.11. The Hall–Kier alpha value is -3.50. The molecule has 0 amide bonds. The molecule has 0 aliphatic carbocycles. The Morgan fingerprint density at radius 2 is 1.77 bits per heavy atom. The summed E-state index contributed by atoms with van der Waals surface area (Å²) < 4.78 is 8.63. The van der Waals surface area contributed by atoms with Crippen LogP contribution in [0.3, 0.4) is 0 Å². The molecule has 0 unspecified atom stereocenters. The van der Waals surface area contributed by atoms with Crippen molar-refractivity contribution in [3.8, 4) is 16.9 Å². The van der Waals surface area contributed by atoms with Gasteiger partial charge in [0.2, 0.25) is 5.69 Å². The topological polar surface area (TPSA) is 45.4 Å². The molecule has 0 fully saturated rings. The molecule has 0 aliphatic heterocycles. The molecule has 4 nitrogen and oxygen atoms in total. The SMILES string of the molecule is [C-]#[N+][Si](C#N)([N+]#[C-])c1sc2c(-c3cc(C(C)(C)C)c4ccccc4c3)nccc2c1C. The van der Waals surface area contributed by atoms with Crippen molar-refractivity contribution in [1.82, 2.24) is 4.98 Å². The van der Waals surface area contributed by atoms with Gasteiger partial charge in [-0.1, -0.05) is 45.0 Å². The summed E-state index contributed by atoms with van der Waals surface area (Å²) in [4.78, 5) is 4.71. The zero-order valence-corrected chi connectivity index (χ0v) is 19.6. The third kappa shape index (κ3) is 3.20. The van der Waals surface area contributed by atoms with Gasteiger partial charge in [0.05, 0.1) is 10.4 Å². The van der Waals surface area contributed by atoms with Crippen LogP contribution in [-0.4, -0.2) is 13.4 Å². The lowest BCUT2D eigenvalue weighted by Gasteiger charge is -2.22. The average molecular weight is 437 g/mol. The summed E-state index contributed by atoms with van der Waals surface area (Å²) >= 11 is 1.39. The maximum Gasteiger partial charge on any atom is 1.00 e. The van der Waals surface area contributed by atoms with E-state index in [0.29, 0.717) is 4.50 Å². The maximum absolute atomic E-state index is 9.69. The van der Waals surface area contributed by atoms with E-state index in [9.17, 15) is 5.26 Å². The molecule has 0 saturated heterocycles. The Morgan fingerprint density at radius 3 is 2.42 bits per heavy atom. The van der Waals surface area contributed by atoms with Crippen LogP contribution in [0.5, 0.6) is 0 Å². The van der Waals surface area contributed by atoms with Crippen molar-refractivity contribution in [3.63, 3.8) is 0 Å². The fourth-order valence-electron chi connectivity index (χ4n) is 3.98. The van der Waals surface area contributed by atoms with Crippen molar-refractivity contribution in [2.75, 3.05) is 0 Å². The van der Waals surface area contributed by atoms with Gasteiger partial charge in [0.25, 0.3) is 0 Å². The Bertz CT molecular complexity index is 1440. The van der Waals surface area contributed by atoms with Crippen molar-refractivity contribution in [1.29, 1.82) is 5.26 Å². The molecule has 2 heterocycles. The molecule has 150 valence electrons. The highest BCUT2D eigenvalue weighted by molar-refractivity contribution is 7.34. The van der Waals surface area contributed by atoms with Crippen LogP contribution in [-0.2, 0) is 5.41 Å². The number of thiophene rings is 1. The van der Waals surface area contributed by atoms with Crippen LogP contribution in [0.15, 0.2) is 48.7 Å². The minimum atomic E-state index is -3.55. The van der Waals surface area contributed by atoms with E-state index in [4.69, 9.17) is 18.1 Å². The lowest BCUT2D eigenvalue weighted by molar-refractivity contribution is 0.596. The Kier molecular flexibility index (Phi) is 4.90. The number of nitrogens with zero attached hydrogens (tertiary/aromatic N) is 4. The van der Waals surface area contributed by atoms with Crippen LogP contribution in [0.4, 0.5) is 0 Å². The van der Waals surface area contributed by atoms with Gasteiger partial charge in [-0.25, -0.2) is 0 Å². The van der Waals surface area contributed by atoms with Crippen LogP contribution in [0.25, 0.3) is 41.1 Å². The van der Waals surface area contributed by atoms with Crippen molar-refractivity contribution in [2.24, 2.45) is 0 Å². The second-order valence-electron chi connectivity index (χ2n) is 8.59. The minimum absolute atomic E-state index is 0.0445. The van der Waals surface area contributed by atoms with Crippen molar-refractivity contribution in [2.45, 2.75) is 33.1 Å². The lowest BCUT2D eigenvalue weighted by Crippen LogP contribution is -2.40. The quantitative estimate of drug-likeness (QED) is 0.274. The Morgan fingerprint density at radius 1 is 1.06 bits per heavy atom. The van der Waals surface area contributed by atoms with E-state index >= 15 is 0 Å². The summed E-state index contributed by atoms with van der Waals surface area (Å²) in [6, 6.07) is 14.6. The molecule has 0 radical (unpaired) electrons. The molecular weight excluding hydrogens is 416 g/mol. The molecular formula is C25H20N4SSi. The molecule has 0 saturated carbocycles. The fraction of sp³-hybridized carbons (Fsp3) is 0.200. The van der Waals surface area contributed by atoms with E-state index in [1.807, 2.05) is 19.1 Å². The highest BCUT2D eigenvalue weighted by Gasteiger charge is 2.67. The first-order valence-electron chi connectivity index (χ1n) is 9.86. The first kappa shape index (κ1) is 20.8. The van der Waals surface area contributed by atoms with Crippen LogP contribution in [0.2, 0.25) is 0 Å². The first-order chi connectivity index (χ1) is 14.8. The van der Waals surface area contributed by atoms with Gasteiger partial charge in [-0.3, -0.25) is 18.1 Å². The van der Waals surface area contributed by atoms with E-state index in [1.54, 1.807) is 6.20 Å². The van der Waals surface area contributed by atoms with Crippen molar-refractivity contribution < 1.29 is 0 Å². The van der Waals surface area contributed by atoms with Crippen LogP contribution in [0.1, 0.15) is 31.9 Å². The second-order valence-corrected chi connectivity index (χ2v) is 12.5. The van der Waals surface area contributed by atoms with Crippen LogP contribution < -0.4 is 4.50 Å². The molecule has 2 aromatic heterocycles. The van der Waals surface area contributed by atoms with Crippen molar-refractivity contribution >= 4 is 45.1 Å². The molecule has 0 atom stereocenters. The zero-order chi connectivity index (χ0) is 22.4. The summed E-state index contributed by atoms with van der Waals surface area (Å²) in [6.45, 7) is 23.7. The Labute approximate surface area is 187 Å². The van der Waals surface area contributed by atoms with Crippen LogP contribution >= 0.6 is 11.3 Å². The van der Waals surface area contributed by atoms with Gasteiger partial charge in [-0.2, -0.15) is 5.26 Å². The zero-order valence-electron chi connectivity index (χ0n) is 17.8. The molecule has 4 rings (SSSR count). The minimum Gasteiger partial charge on any atom is -0.325 e. The second kappa shape index (κ2) is 7.32.